The molecule has 0 saturated carbocycles. The second-order valence-corrected chi connectivity index (χ2v) is 4.39. The van der Waals surface area contributed by atoms with Crippen LogP contribution in [0.5, 0.6) is 0 Å². The highest BCUT2D eigenvalue weighted by atomic mass is 16.3. The van der Waals surface area contributed by atoms with Crippen LogP contribution in [0.25, 0.3) is 0 Å². The highest BCUT2D eigenvalue weighted by Crippen LogP contribution is 2.11. The lowest BCUT2D eigenvalue weighted by Crippen LogP contribution is -2.39. The van der Waals surface area contributed by atoms with E-state index in [1.807, 2.05) is 30.3 Å². The van der Waals surface area contributed by atoms with Crippen molar-refractivity contribution >= 4 is 5.69 Å². The normalized spacial score (nSPS) is 19.3. The zero-order chi connectivity index (χ0) is 11.2. The average Bonchev–Trinajstić information content (AvgIpc) is 2.31. The molecule has 1 atom stereocenters. The SMILES string of the molecule is OC(CN1CCCCC1)Nc1ccccc1. The number of benzene rings is 1. The molecule has 3 heteroatoms. The third-order valence-corrected chi connectivity index (χ3v) is 2.99. The van der Waals surface area contributed by atoms with Crippen molar-refractivity contribution < 1.29 is 5.11 Å². The highest BCUT2D eigenvalue weighted by Gasteiger charge is 2.13. The molecule has 1 unspecified atom stereocenters. The quantitative estimate of drug-likeness (QED) is 0.761. The summed E-state index contributed by atoms with van der Waals surface area (Å²) in [6.45, 7) is 2.95. The summed E-state index contributed by atoms with van der Waals surface area (Å²) >= 11 is 0. The van der Waals surface area contributed by atoms with Gasteiger partial charge in [-0.1, -0.05) is 24.6 Å². The van der Waals surface area contributed by atoms with Crippen molar-refractivity contribution in [1.82, 2.24) is 4.90 Å². The lowest BCUT2D eigenvalue weighted by Gasteiger charge is -2.28. The van der Waals surface area contributed by atoms with Gasteiger partial charge in [0.25, 0.3) is 0 Å². The maximum atomic E-state index is 9.90. The van der Waals surface area contributed by atoms with E-state index in [4.69, 9.17) is 0 Å². The number of para-hydroxylation sites is 1. The maximum absolute atomic E-state index is 9.90. The Labute approximate surface area is 97.1 Å². The number of anilines is 1. The first-order chi connectivity index (χ1) is 7.84. The van der Waals surface area contributed by atoms with Gasteiger partial charge in [-0.25, -0.2) is 0 Å². The van der Waals surface area contributed by atoms with E-state index in [1.165, 1.54) is 19.3 Å². The van der Waals surface area contributed by atoms with E-state index in [0.29, 0.717) is 0 Å². The molecule has 2 rings (SSSR count). The zero-order valence-corrected chi connectivity index (χ0v) is 9.60. The van der Waals surface area contributed by atoms with Gasteiger partial charge in [0.2, 0.25) is 0 Å². The van der Waals surface area contributed by atoms with Crippen molar-refractivity contribution in [2.45, 2.75) is 25.5 Å². The van der Waals surface area contributed by atoms with Crippen LogP contribution in [-0.4, -0.2) is 35.9 Å². The van der Waals surface area contributed by atoms with Crippen LogP contribution in [0.1, 0.15) is 19.3 Å². The fourth-order valence-electron chi connectivity index (χ4n) is 2.16. The Balaban J connectivity index is 1.77. The average molecular weight is 220 g/mol. The highest BCUT2D eigenvalue weighted by molar-refractivity contribution is 5.42. The molecule has 0 spiro atoms. The summed E-state index contributed by atoms with van der Waals surface area (Å²) in [6.07, 6.45) is 3.38. The Bertz CT molecular complexity index is 296. The number of likely N-dealkylation sites (tertiary alicyclic amines) is 1. The smallest absolute Gasteiger partial charge is 0.137 e. The third kappa shape index (κ3) is 3.51. The van der Waals surface area contributed by atoms with Crippen molar-refractivity contribution in [3.05, 3.63) is 30.3 Å². The number of aliphatic hydroxyl groups excluding tert-OH is 1. The summed E-state index contributed by atoms with van der Waals surface area (Å²) < 4.78 is 0. The van der Waals surface area contributed by atoms with E-state index in [1.54, 1.807) is 0 Å². The molecule has 1 heterocycles. The van der Waals surface area contributed by atoms with Crippen LogP contribution in [0.15, 0.2) is 30.3 Å². The summed E-state index contributed by atoms with van der Waals surface area (Å²) in [5.74, 6) is 0. The monoisotopic (exact) mass is 220 g/mol. The minimum atomic E-state index is -0.472. The van der Waals surface area contributed by atoms with Gasteiger partial charge in [-0.2, -0.15) is 0 Å². The molecule has 0 aliphatic carbocycles. The molecule has 0 amide bonds. The molecule has 0 radical (unpaired) electrons. The van der Waals surface area contributed by atoms with Gasteiger partial charge in [0.15, 0.2) is 0 Å². The first-order valence-corrected chi connectivity index (χ1v) is 6.06. The van der Waals surface area contributed by atoms with Crippen molar-refractivity contribution in [2.75, 3.05) is 25.0 Å². The topological polar surface area (TPSA) is 35.5 Å². The molecule has 1 aliphatic heterocycles. The Hall–Kier alpha value is -1.06. The molecule has 2 N–H and O–H groups in total. The first-order valence-electron chi connectivity index (χ1n) is 6.06. The predicted octanol–water partition coefficient (Wildman–Crippen LogP) is 1.90. The van der Waals surface area contributed by atoms with Crippen molar-refractivity contribution in [1.29, 1.82) is 0 Å². The van der Waals surface area contributed by atoms with Gasteiger partial charge < -0.3 is 10.4 Å². The van der Waals surface area contributed by atoms with Crippen LogP contribution in [0.2, 0.25) is 0 Å². The second kappa shape index (κ2) is 5.87. The molecule has 1 aliphatic rings. The standard InChI is InChI=1S/C13H20N2O/c16-13(11-15-9-5-2-6-10-15)14-12-7-3-1-4-8-12/h1,3-4,7-8,13-14,16H,2,5-6,9-11H2. The third-order valence-electron chi connectivity index (χ3n) is 2.99. The van der Waals surface area contributed by atoms with Crippen LogP contribution in [0.4, 0.5) is 5.69 Å². The van der Waals surface area contributed by atoms with Crippen molar-refractivity contribution in [3.8, 4) is 0 Å². The van der Waals surface area contributed by atoms with Crippen molar-refractivity contribution in [2.24, 2.45) is 0 Å². The molecule has 1 aromatic rings. The van der Waals surface area contributed by atoms with Gasteiger partial charge >= 0.3 is 0 Å². The largest absolute Gasteiger partial charge is 0.372 e. The molecule has 0 bridgehead atoms. The lowest BCUT2D eigenvalue weighted by atomic mass is 10.1. The van der Waals surface area contributed by atoms with Crippen LogP contribution in [0, 0.1) is 0 Å². The Morgan fingerprint density at radius 2 is 1.81 bits per heavy atom. The van der Waals surface area contributed by atoms with E-state index >= 15 is 0 Å². The summed E-state index contributed by atoms with van der Waals surface area (Å²) in [7, 11) is 0. The van der Waals surface area contributed by atoms with E-state index in [9.17, 15) is 5.11 Å². The van der Waals surface area contributed by atoms with Crippen LogP contribution in [0.3, 0.4) is 0 Å². The lowest BCUT2D eigenvalue weighted by molar-refractivity contribution is 0.119. The minimum absolute atomic E-state index is 0.472. The molecule has 3 nitrogen and oxygen atoms in total. The molecular weight excluding hydrogens is 200 g/mol. The van der Waals surface area contributed by atoms with E-state index in [-0.39, 0.29) is 0 Å². The van der Waals surface area contributed by atoms with Gasteiger partial charge in [-0.3, -0.25) is 4.90 Å². The number of piperidine rings is 1. The van der Waals surface area contributed by atoms with Crippen LogP contribution >= 0.6 is 0 Å². The van der Waals surface area contributed by atoms with Gasteiger partial charge in [0.05, 0.1) is 0 Å². The van der Waals surface area contributed by atoms with E-state index in [0.717, 1.165) is 25.3 Å². The number of hydrogen-bond donors (Lipinski definition) is 2. The Morgan fingerprint density at radius 1 is 1.12 bits per heavy atom. The van der Waals surface area contributed by atoms with Gasteiger partial charge in [-0.15, -0.1) is 0 Å². The maximum Gasteiger partial charge on any atom is 0.137 e. The summed E-state index contributed by atoms with van der Waals surface area (Å²) in [5, 5.41) is 13.0. The molecule has 1 saturated heterocycles. The van der Waals surface area contributed by atoms with Crippen LogP contribution < -0.4 is 5.32 Å². The van der Waals surface area contributed by atoms with Crippen molar-refractivity contribution in [3.63, 3.8) is 0 Å². The molecule has 0 aromatic heterocycles. The molecule has 1 aromatic carbocycles. The number of hydrogen-bond acceptors (Lipinski definition) is 3. The number of aliphatic hydroxyl groups is 1. The summed E-state index contributed by atoms with van der Waals surface area (Å²) in [6, 6.07) is 9.85. The molecule has 1 fully saturated rings. The zero-order valence-electron chi connectivity index (χ0n) is 9.60. The Morgan fingerprint density at radius 3 is 2.50 bits per heavy atom. The fourth-order valence-corrected chi connectivity index (χ4v) is 2.16. The van der Waals surface area contributed by atoms with Gasteiger partial charge in [0.1, 0.15) is 6.23 Å². The number of nitrogens with zero attached hydrogens (tertiary/aromatic N) is 1. The van der Waals surface area contributed by atoms with Gasteiger partial charge in [-0.05, 0) is 38.1 Å². The number of rotatable bonds is 4. The first kappa shape index (κ1) is 11.4. The second-order valence-electron chi connectivity index (χ2n) is 4.39. The van der Waals surface area contributed by atoms with E-state index in [2.05, 4.69) is 10.2 Å². The summed E-state index contributed by atoms with van der Waals surface area (Å²) in [5.41, 5.74) is 0.979. The number of β-amino-alcohol motifs (C(OH)–C–C–N with tert-alkyl or cyclic N) is 1. The van der Waals surface area contributed by atoms with E-state index < -0.39 is 6.23 Å². The molecule has 88 valence electrons. The fraction of sp³-hybridized carbons (Fsp3) is 0.538. The van der Waals surface area contributed by atoms with Crippen LogP contribution in [-0.2, 0) is 0 Å². The molecular formula is C13H20N2O. The minimum Gasteiger partial charge on any atom is -0.372 e. The number of nitrogens with one attached hydrogen (secondary N) is 1. The predicted molar refractivity (Wildman–Crippen MR) is 66.4 cm³/mol. The Kier molecular flexibility index (Phi) is 4.19. The molecule has 16 heavy (non-hydrogen) atoms. The van der Waals surface area contributed by atoms with Gasteiger partial charge in [0, 0.05) is 12.2 Å². The summed E-state index contributed by atoms with van der Waals surface area (Å²) in [4.78, 5) is 2.32.